The van der Waals surface area contributed by atoms with Gasteiger partial charge in [0.2, 0.25) is 0 Å². The van der Waals surface area contributed by atoms with Crippen molar-refractivity contribution in [3.05, 3.63) is 47.0 Å². The molecule has 1 aromatic carbocycles. The molecule has 1 aromatic heterocycles. The second-order valence-corrected chi connectivity index (χ2v) is 4.92. The average molecular weight is 294 g/mol. The molecule has 0 saturated heterocycles. The van der Waals surface area contributed by atoms with Crippen LogP contribution < -0.4 is 10.1 Å². The zero-order valence-corrected chi connectivity index (χ0v) is 12.1. The molecular weight excluding hydrogens is 278 g/mol. The molecule has 6 heteroatoms. The fourth-order valence-electron chi connectivity index (χ4n) is 1.71. The number of nitrogens with one attached hydrogen (secondary N) is 2. The molecule has 2 rings (SSSR count). The summed E-state index contributed by atoms with van der Waals surface area (Å²) in [5.74, 6) is 1.07. The van der Waals surface area contributed by atoms with Crippen LogP contribution in [0.4, 0.5) is 0 Å². The van der Waals surface area contributed by atoms with E-state index in [1.807, 2.05) is 13.8 Å². The van der Waals surface area contributed by atoms with Crippen molar-refractivity contribution in [2.45, 2.75) is 19.9 Å². The van der Waals surface area contributed by atoms with Crippen LogP contribution in [0.25, 0.3) is 0 Å². The number of rotatable bonds is 5. The molecule has 2 aromatic rings. The van der Waals surface area contributed by atoms with E-state index in [2.05, 4.69) is 15.3 Å². The van der Waals surface area contributed by atoms with Crippen LogP contribution >= 0.6 is 11.6 Å². The first-order chi connectivity index (χ1) is 9.54. The first kappa shape index (κ1) is 14.4. The van der Waals surface area contributed by atoms with E-state index in [1.54, 1.807) is 30.5 Å². The van der Waals surface area contributed by atoms with Gasteiger partial charge in [0.25, 0.3) is 5.91 Å². The molecule has 0 radical (unpaired) electrons. The Hall–Kier alpha value is -2.01. The SMILES string of the molecule is Cc1cnc([C@@H](C)NC(=O)COc2cccc(Cl)c2)[nH]1. The van der Waals surface area contributed by atoms with Crippen LogP contribution in [0, 0.1) is 6.92 Å². The molecule has 0 aliphatic rings. The molecule has 1 amide bonds. The quantitative estimate of drug-likeness (QED) is 0.890. The minimum atomic E-state index is -0.216. The van der Waals surface area contributed by atoms with Crippen molar-refractivity contribution in [2.75, 3.05) is 6.61 Å². The Kier molecular flexibility index (Phi) is 4.63. The van der Waals surface area contributed by atoms with E-state index >= 15 is 0 Å². The van der Waals surface area contributed by atoms with Crippen molar-refractivity contribution >= 4 is 17.5 Å². The third-order valence-electron chi connectivity index (χ3n) is 2.68. The van der Waals surface area contributed by atoms with Gasteiger partial charge in [-0.05, 0) is 32.0 Å². The van der Waals surface area contributed by atoms with Crippen LogP contribution in [0.5, 0.6) is 5.75 Å². The van der Waals surface area contributed by atoms with Gasteiger partial charge >= 0.3 is 0 Å². The topological polar surface area (TPSA) is 67.0 Å². The fourth-order valence-corrected chi connectivity index (χ4v) is 1.89. The van der Waals surface area contributed by atoms with E-state index < -0.39 is 0 Å². The Morgan fingerprint density at radius 3 is 3.00 bits per heavy atom. The number of benzene rings is 1. The third kappa shape index (κ3) is 3.99. The molecule has 0 spiro atoms. The number of ether oxygens (including phenoxy) is 1. The van der Waals surface area contributed by atoms with Crippen LogP contribution in [0.3, 0.4) is 0 Å². The summed E-state index contributed by atoms with van der Waals surface area (Å²) in [5, 5.41) is 3.38. The van der Waals surface area contributed by atoms with Crippen LogP contribution in [0.1, 0.15) is 24.5 Å². The third-order valence-corrected chi connectivity index (χ3v) is 2.91. The number of H-pyrrole nitrogens is 1. The zero-order chi connectivity index (χ0) is 14.5. The second-order valence-electron chi connectivity index (χ2n) is 4.49. The summed E-state index contributed by atoms with van der Waals surface area (Å²) in [6.07, 6.45) is 1.72. The highest BCUT2D eigenvalue weighted by atomic mass is 35.5. The van der Waals surface area contributed by atoms with Crippen LogP contribution in [-0.2, 0) is 4.79 Å². The molecule has 1 atom stereocenters. The van der Waals surface area contributed by atoms with Crippen molar-refractivity contribution in [3.63, 3.8) is 0 Å². The highest BCUT2D eigenvalue weighted by Gasteiger charge is 2.12. The van der Waals surface area contributed by atoms with Gasteiger partial charge in [-0.1, -0.05) is 17.7 Å². The van der Waals surface area contributed by atoms with E-state index in [0.717, 1.165) is 11.5 Å². The predicted octanol–water partition coefficient (Wildman–Crippen LogP) is 2.63. The monoisotopic (exact) mass is 293 g/mol. The Labute approximate surface area is 122 Å². The summed E-state index contributed by atoms with van der Waals surface area (Å²) in [7, 11) is 0. The Balaban J connectivity index is 1.83. The summed E-state index contributed by atoms with van der Waals surface area (Å²) in [5.41, 5.74) is 0.955. The molecule has 20 heavy (non-hydrogen) atoms. The predicted molar refractivity (Wildman–Crippen MR) is 76.8 cm³/mol. The Morgan fingerprint density at radius 2 is 2.35 bits per heavy atom. The minimum Gasteiger partial charge on any atom is -0.484 e. The van der Waals surface area contributed by atoms with Crippen molar-refractivity contribution in [2.24, 2.45) is 0 Å². The summed E-state index contributed by atoms with van der Waals surface area (Å²) >= 11 is 5.83. The minimum absolute atomic E-state index is 0.0651. The molecule has 106 valence electrons. The number of aryl methyl sites for hydroxylation is 1. The van der Waals surface area contributed by atoms with Gasteiger partial charge < -0.3 is 15.0 Å². The smallest absolute Gasteiger partial charge is 0.258 e. The molecule has 0 saturated carbocycles. The van der Waals surface area contributed by atoms with Crippen LogP contribution in [-0.4, -0.2) is 22.5 Å². The van der Waals surface area contributed by atoms with Gasteiger partial charge in [0.1, 0.15) is 11.6 Å². The molecular formula is C14H16ClN3O2. The van der Waals surface area contributed by atoms with Crippen molar-refractivity contribution in [3.8, 4) is 5.75 Å². The lowest BCUT2D eigenvalue weighted by Crippen LogP contribution is -2.31. The van der Waals surface area contributed by atoms with Crippen molar-refractivity contribution in [1.82, 2.24) is 15.3 Å². The largest absolute Gasteiger partial charge is 0.484 e. The van der Waals surface area contributed by atoms with Gasteiger partial charge in [0.05, 0.1) is 6.04 Å². The first-order valence-electron chi connectivity index (χ1n) is 6.24. The van der Waals surface area contributed by atoms with E-state index in [-0.39, 0.29) is 18.6 Å². The summed E-state index contributed by atoms with van der Waals surface area (Å²) < 4.78 is 5.36. The fraction of sp³-hybridized carbons (Fsp3) is 0.286. The molecule has 0 fully saturated rings. The normalized spacial score (nSPS) is 11.9. The summed E-state index contributed by atoms with van der Waals surface area (Å²) in [4.78, 5) is 19.0. The number of carbonyl (C=O) groups is 1. The van der Waals surface area contributed by atoms with Crippen molar-refractivity contribution in [1.29, 1.82) is 0 Å². The zero-order valence-electron chi connectivity index (χ0n) is 11.3. The first-order valence-corrected chi connectivity index (χ1v) is 6.61. The lowest BCUT2D eigenvalue weighted by atomic mass is 10.3. The second kappa shape index (κ2) is 6.43. The van der Waals surface area contributed by atoms with E-state index in [0.29, 0.717) is 10.8 Å². The van der Waals surface area contributed by atoms with Crippen LogP contribution in [0.2, 0.25) is 5.02 Å². The molecule has 0 aliphatic carbocycles. The number of nitrogens with zero attached hydrogens (tertiary/aromatic N) is 1. The maximum absolute atomic E-state index is 11.8. The highest BCUT2D eigenvalue weighted by molar-refractivity contribution is 6.30. The number of hydrogen-bond donors (Lipinski definition) is 2. The maximum atomic E-state index is 11.8. The number of aromatic amines is 1. The molecule has 0 bridgehead atoms. The molecule has 2 N–H and O–H groups in total. The molecule has 1 heterocycles. The van der Waals surface area contributed by atoms with E-state index in [4.69, 9.17) is 16.3 Å². The number of amides is 1. The maximum Gasteiger partial charge on any atom is 0.258 e. The Bertz CT molecular complexity index is 598. The van der Waals surface area contributed by atoms with Gasteiger partial charge in [0, 0.05) is 16.9 Å². The van der Waals surface area contributed by atoms with Crippen molar-refractivity contribution < 1.29 is 9.53 Å². The Morgan fingerprint density at radius 1 is 1.55 bits per heavy atom. The molecule has 0 aliphatic heterocycles. The number of imidazole rings is 1. The van der Waals surface area contributed by atoms with E-state index in [1.165, 1.54) is 0 Å². The van der Waals surface area contributed by atoms with Gasteiger partial charge in [-0.2, -0.15) is 0 Å². The number of halogens is 1. The number of aromatic nitrogens is 2. The standard InChI is InChI=1S/C14H16ClN3O2/c1-9-7-16-14(17-9)10(2)18-13(19)8-20-12-5-3-4-11(15)6-12/h3-7,10H,8H2,1-2H3,(H,16,17)(H,18,19)/t10-/m1/s1. The van der Waals surface area contributed by atoms with Gasteiger partial charge in [0.15, 0.2) is 6.61 Å². The molecule has 5 nitrogen and oxygen atoms in total. The number of hydrogen-bond acceptors (Lipinski definition) is 3. The average Bonchev–Trinajstić information content (AvgIpc) is 2.83. The van der Waals surface area contributed by atoms with Gasteiger partial charge in [-0.3, -0.25) is 4.79 Å². The molecule has 0 unspecified atom stereocenters. The van der Waals surface area contributed by atoms with E-state index in [9.17, 15) is 4.79 Å². The summed E-state index contributed by atoms with van der Waals surface area (Å²) in [6.45, 7) is 3.70. The lowest BCUT2D eigenvalue weighted by Gasteiger charge is -2.12. The summed E-state index contributed by atoms with van der Waals surface area (Å²) in [6, 6.07) is 6.73. The van der Waals surface area contributed by atoms with Gasteiger partial charge in [-0.15, -0.1) is 0 Å². The highest BCUT2D eigenvalue weighted by Crippen LogP contribution is 2.17. The van der Waals surface area contributed by atoms with Crippen LogP contribution in [0.15, 0.2) is 30.5 Å². The number of carbonyl (C=O) groups excluding carboxylic acids is 1. The van der Waals surface area contributed by atoms with Gasteiger partial charge in [-0.25, -0.2) is 4.98 Å². The lowest BCUT2D eigenvalue weighted by molar-refractivity contribution is -0.123.